The summed E-state index contributed by atoms with van der Waals surface area (Å²) in [4.78, 5) is 2.36. The van der Waals surface area contributed by atoms with Crippen LogP contribution in [0.25, 0.3) is 0 Å². The number of nitrogens with zero attached hydrogens (tertiary/aromatic N) is 1. The largest absolute Gasteiger partial charge is 0.306 e. The van der Waals surface area contributed by atoms with Crippen molar-refractivity contribution in [2.24, 2.45) is 5.92 Å². The lowest BCUT2D eigenvalue weighted by atomic mass is 10.1. The van der Waals surface area contributed by atoms with Gasteiger partial charge in [0.25, 0.3) is 0 Å². The first kappa shape index (κ1) is 10.7. The van der Waals surface area contributed by atoms with Crippen LogP contribution in [0.1, 0.15) is 26.7 Å². The van der Waals surface area contributed by atoms with Crippen molar-refractivity contribution >= 4 is 0 Å². The van der Waals surface area contributed by atoms with E-state index in [1.165, 1.54) is 13.0 Å². The first-order valence-electron chi connectivity index (χ1n) is 4.46. The van der Waals surface area contributed by atoms with Crippen LogP contribution in [0.15, 0.2) is 12.7 Å². The van der Waals surface area contributed by atoms with Gasteiger partial charge in [-0.05, 0) is 32.4 Å². The zero-order valence-electron chi connectivity index (χ0n) is 8.14. The molecule has 0 spiro atoms. The van der Waals surface area contributed by atoms with E-state index in [-0.39, 0.29) is 0 Å². The molecule has 0 aromatic carbocycles. The van der Waals surface area contributed by atoms with Crippen LogP contribution in [0.3, 0.4) is 0 Å². The van der Waals surface area contributed by atoms with Gasteiger partial charge in [0.1, 0.15) is 0 Å². The number of hydrogen-bond donors (Lipinski definition) is 0. The van der Waals surface area contributed by atoms with Crippen LogP contribution < -0.4 is 0 Å². The van der Waals surface area contributed by atoms with Crippen molar-refractivity contribution in [1.29, 1.82) is 0 Å². The van der Waals surface area contributed by atoms with E-state index in [1.54, 1.807) is 0 Å². The molecule has 0 aliphatic heterocycles. The molecule has 0 radical (unpaired) electrons. The molecule has 0 amide bonds. The molecule has 66 valence electrons. The molecular weight excluding hydrogens is 134 g/mol. The van der Waals surface area contributed by atoms with Crippen molar-refractivity contribution in [3.05, 3.63) is 12.7 Å². The summed E-state index contributed by atoms with van der Waals surface area (Å²) < 4.78 is 0. The monoisotopic (exact) mass is 155 g/mol. The van der Waals surface area contributed by atoms with Crippen LogP contribution in [0.4, 0.5) is 0 Å². The second-order valence-corrected chi connectivity index (χ2v) is 3.56. The standard InChI is InChI=1S/C10H21N/c1-5-6-8-11(4)9-7-10(2)3/h5,10H,1,6-9H2,2-4H3. The molecule has 0 aromatic heterocycles. The third kappa shape index (κ3) is 7.60. The Morgan fingerprint density at radius 1 is 1.36 bits per heavy atom. The molecule has 0 saturated heterocycles. The molecule has 0 aliphatic rings. The van der Waals surface area contributed by atoms with Crippen LogP contribution >= 0.6 is 0 Å². The van der Waals surface area contributed by atoms with Gasteiger partial charge in [0, 0.05) is 6.54 Å². The predicted molar refractivity (Wildman–Crippen MR) is 51.8 cm³/mol. The summed E-state index contributed by atoms with van der Waals surface area (Å²) >= 11 is 0. The van der Waals surface area contributed by atoms with E-state index < -0.39 is 0 Å². The van der Waals surface area contributed by atoms with Gasteiger partial charge in [0.15, 0.2) is 0 Å². The van der Waals surface area contributed by atoms with Crippen molar-refractivity contribution in [1.82, 2.24) is 4.90 Å². The third-order valence-corrected chi connectivity index (χ3v) is 1.80. The Morgan fingerprint density at radius 2 is 2.00 bits per heavy atom. The first-order chi connectivity index (χ1) is 5.16. The molecule has 0 N–H and O–H groups in total. The van der Waals surface area contributed by atoms with Crippen LogP contribution in [0, 0.1) is 5.92 Å². The summed E-state index contributed by atoms with van der Waals surface area (Å²) in [5.41, 5.74) is 0. The molecule has 1 heteroatoms. The zero-order chi connectivity index (χ0) is 8.69. The molecule has 0 fully saturated rings. The molecule has 1 nitrogen and oxygen atoms in total. The second kappa shape index (κ2) is 6.41. The highest BCUT2D eigenvalue weighted by molar-refractivity contribution is 4.68. The Kier molecular flexibility index (Phi) is 6.24. The Hall–Kier alpha value is -0.300. The quantitative estimate of drug-likeness (QED) is 0.533. The molecule has 0 saturated carbocycles. The van der Waals surface area contributed by atoms with E-state index in [0.29, 0.717) is 0 Å². The maximum absolute atomic E-state index is 3.70. The van der Waals surface area contributed by atoms with Gasteiger partial charge in [0.2, 0.25) is 0 Å². The Morgan fingerprint density at radius 3 is 2.45 bits per heavy atom. The minimum Gasteiger partial charge on any atom is -0.306 e. The van der Waals surface area contributed by atoms with E-state index in [0.717, 1.165) is 18.9 Å². The van der Waals surface area contributed by atoms with Crippen molar-refractivity contribution in [2.75, 3.05) is 20.1 Å². The zero-order valence-corrected chi connectivity index (χ0v) is 8.14. The molecule has 0 unspecified atom stereocenters. The van der Waals surface area contributed by atoms with E-state index >= 15 is 0 Å². The van der Waals surface area contributed by atoms with E-state index in [4.69, 9.17) is 0 Å². The molecular formula is C10H21N. The molecule has 0 aromatic rings. The van der Waals surface area contributed by atoms with Gasteiger partial charge in [-0.1, -0.05) is 19.9 Å². The van der Waals surface area contributed by atoms with Crippen LogP contribution in [-0.4, -0.2) is 25.0 Å². The lowest BCUT2D eigenvalue weighted by molar-refractivity contribution is 0.316. The minimum absolute atomic E-state index is 0.821. The summed E-state index contributed by atoms with van der Waals surface area (Å²) in [7, 11) is 2.17. The summed E-state index contributed by atoms with van der Waals surface area (Å²) in [6.45, 7) is 10.6. The van der Waals surface area contributed by atoms with Gasteiger partial charge < -0.3 is 4.90 Å². The smallest absolute Gasteiger partial charge is 0.00128 e. The maximum atomic E-state index is 3.70. The summed E-state index contributed by atoms with van der Waals surface area (Å²) in [6.07, 6.45) is 4.38. The second-order valence-electron chi connectivity index (χ2n) is 3.56. The Balaban J connectivity index is 3.21. The SMILES string of the molecule is C=CCCN(C)CCC(C)C. The summed E-state index contributed by atoms with van der Waals surface area (Å²) in [5, 5.41) is 0. The average molecular weight is 155 g/mol. The molecule has 0 heterocycles. The lowest BCUT2D eigenvalue weighted by Gasteiger charge is -2.16. The van der Waals surface area contributed by atoms with Gasteiger partial charge in [-0.3, -0.25) is 0 Å². The van der Waals surface area contributed by atoms with Crippen molar-refractivity contribution in [3.63, 3.8) is 0 Å². The van der Waals surface area contributed by atoms with Gasteiger partial charge in [0.05, 0.1) is 0 Å². The van der Waals surface area contributed by atoms with Crippen molar-refractivity contribution in [3.8, 4) is 0 Å². The highest BCUT2D eigenvalue weighted by atomic mass is 15.1. The molecule has 11 heavy (non-hydrogen) atoms. The van der Waals surface area contributed by atoms with Gasteiger partial charge in [-0.25, -0.2) is 0 Å². The average Bonchev–Trinajstić information content (AvgIpc) is 1.97. The Bertz CT molecular complexity index is 97.0. The van der Waals surface area contributed by atoms with E-state index in [9.17, 15) is 0 Å². The number of rotatable bonds is 6. The summed E-state index contributed by atoms with van der Waals surface area (Å²) in [5.74, 6) is 0.821. The molecule has 0 rings (SSSR count). The van der Waals surface area contributed by atoms with Crippen molar-refractivity contribution < 1.29 is 0 Å². The number of hydrogen-bond acceptors (Lipinski definition) is 1. The highest BCUT2D eigenvalue weighted by Gasteiger charge is 1.98. The lowest BCUT2D eigenvalue weighted by Crippen LogP contribution is -2.21. The van der Waals surface area contributed by atoms with Crippen LogP contribution in [-0.2, 0) is 0 Å². The van der Waals surface area contributed by atoms with Gasteiger partial charge in [-0.15, -0.1) is 6.58 Å². The topological polar surface area (TPSA) is 3.24 Å². The molecule has 0 aliphatic carbocycles. The van der Waals surface area contributed by atoms with E-state index in [2.05, 4.69) is 32.4 Å². The predicted octanol–water partition coefficient (Wildman–Crippen LogP) is 2.54. The highest BCUT2D eigenvalue weighted by Crippen LogP contribution is 2.00. The van der Waals surface area contributed by atoms with Crippen molar-refractivity contribution in [2.45, 2.75) is 26.7 Å². The fraction of sp³-hybridized carbons (Fsp3) is 0.800. The Labute approximate surface area is 71.1 Å². The maximum Gasteiger partial charge on any atom is 0.00128 e. The first-order valence-corrected chi connectivity index (χ1v) is 4.46. The van der Waals surface area contributed by atoms with Gasteiger partial charge >= 0.3 is 0 Å². The molecule has 0 bridgehead atoms. The minimum atomic E-state index is 0.821. The molecule has 0 atom stereocenters. The normalized spacial score (nSPS) is 11.0. The fourth-order valence-corrected chi connectivity index (χ4v) is 0.902. The fourth-order valence-electron chi connectivity index (χ4n) is 0.902. The summed E-state index contributed by atoms with van der Waals surface area (Å²) in [6, 6.07) is 0. The van der Waals surface area contributed by atoms with Crippen LogP contribution in [0.2, 0.25) is 0 Å². The van der Waals surface area contributed by atoms with Gasteiger partial charge in [-0.2, -0.15) is 0 Å². The third-order valence-electron chi connectivity index (χ3n) is 1.80. The van der Waals surface area contributed by atoms with Crippen LogP contribution in [0.5, 0.6) is 0 Å². The van der Waals surface area contributed by atoms with E-state index in [1.807, 2.05) is 6.08 Å².